The Bertz CT molecular complexity index is 175. The van der Waals surface area contributed by atoms with Gasteiger partial charge >= 0.3 is 5.97 Å². The standard InChI is InChI=1S/C7H9BrO3/c1-2-11-7(10)6(9)4-3-5-8/h3-4H,2,5H2,1H3/b4-3+. The van der Waals surface area contributed by atoms with Crippen LogP contribution >= 0.6 is 15.9 Å². The Labute approximate surface area is 73.5 Å². The van der Waals surface area contributed by atoms with E-state index in [-0.39, 0.29) is 6.61 Å². The second-order valence-electron chi connectivity index (χ2n) is 1.64. The first-order valence-electron chi connectivity index (χ1n) is 3.16. The van der Waals surface area contributed by atoms with Gasteiger partial charge in [-0.15, -0.1) is 0 Å². The SMILES string of the molecule is CCOC(=O)C(=O)/C=C/CBr. The van der Waals surface area contributed by atoms with Gasteiger partial charge in [0.15, 0.2) is 0 Å². The largest absolute Gasteiger partial charge is 0.460 e. The van der Waals surface area contributed by atoms with Gasteiger partial charge in [0.2, 0.25) is 0 Å². The van der Waals surface area contributed by atoms with Crippen LogP contribution in [0.5, 0.6) is 0 Å². The predicted octanol–water partition coefficient (Wildman–Crippen LogP) is 1.07. The molecule has 0 aliphatic carbocycles. The molecule has 0 bridgehead atoms. The topological polar surface area (TPSA) is 43.4 Å². The fourth-order valence-corrected chi connectivity index (χ4v) is 0.609. The third kappa shape index (κ3) is 4.72. The summed E-state index contributed by atoms with van der Waals surface area (Å²) in [5.41, 5.74) is 0. The predicted molar refractivity (Wildman–Crippen MR) is 44.6 cm³/mol. The third-order valence-corrected chi connectivity index (χ3v) is 1.21. The molecular weight excluding hydrogens is 212 g/mol. The number of ether oxygens (including phenoxy) is 1. The van der Waals surface area contributed by atoms with Gasteiger partial charge < -0.3 is 4.74 Å². The van der Waals surface area contributed by atoms with Crippen LogP contribution in [0.1, 0.15) is 6.92 Å². The van der Waals surface area contributed by atoms with Crippen molar-refractivity contribution in [2.75, 3.05) is 11.9 Å². The third-order valence-electron chi connectivity index (χ3n) is 0.835. The monoisotopic (exact) mass is 220 g/mol. The minimum atomic E-state index is -0.801. The minimum absolute atomic E-state index is 0.229. The van der Waals surface area contributed by atoms with E-state index in [4.69, 9.17) is 0 Å². The van der Waals surface area contributed by atoms with E-state index in [1.165, 1.54) is 6.08 Å². The first kappa shape index (κ1) is 10.4. The summed E-state index contributed by atoms with van der Waals surface area (Å²) in [7, 11) is 0. The molecule has 0 atom stereocenters. The zero-order valence-corrected chi connectivity index (χ0v) is 7.76. The maximum Gasteiger partial charge on any atom is 0.378 e. The van der Waals surface area contributed by atoms with Crippen LogP contribution in [0.4, 0.5) is 0 Å². The second-order valence-corrected chi connectivity index (χ2v) is 2.29. The van der Waals surface area contributed by atoms with Crippen molar-refractivity contribution in [2.24, 2.45) is 0 Å². The number of rotatable bonds is 4. The normalized spacial score (nSPS) is 10.0. The molecule has 0 heterocycles. The summed E-state index contributed by atoms with van der Waals surface area (Å²) in [4.78, 5) is 21.3. The number of hydrogen-bond acceptors (Lipinski definition) is 3. The minimum Gasteiger partial charge on any atom is -0.460 e. The summed E-state index contributed by atoms with van der Waals surface area (Å²) in [6, 6.07) is 0. The molecule has 0 aromatic carbocycles. The molecule has 11 heavy (non-hydrogen) atoms. The average molecular weight is 221 g/mol. The maximum absolute atomic E-state index is 10.7. The summed E-state index contributed by atoms with van der Waals surface area (Å²) in [5.74, 6) is -1.42. The van der Waals surface area contributed by atoms with Gasteiger partial charge in [-0.25, -0.2) is 4.79 Å². The summed E-state index contributed by atoms with van der Waals surface area (Å²) in [6.07, 6.45) is 2.73. The zero-order chi connectivity index (χ0) is 8.69. The van der Waals surface area contributed by atoms with E-state index < -0.39 is 11.8 Å². The number of hydrogen-bond donors (Lipinski definition) is 0. The Morgan fingerprint density at radius 3 is 2.64 bits per heavy atom. The summed E-state index contributed by atoms with van der Waals surface area (Å²) < 4.78 is 4.45. The van der Waals surface area contributed by atoms with Crippen LogP contribution in [-0.2, 0) is 14.3 Å². The highest BCUT2D eigenvalue weighted by atomic mass is 79.9. The van der Waals surface area contributed by atoms with Crippen molar-refractivity contribution in [1.29, 1.82) is 0 Å². The van der Waals surface area contributed by atoms with Gasteiger partial charge in [0.1, 0.15) is 0 Å². The molecule has 0 aromatic heterocycles. The highest BCUT2D eigenvalue weighted by Gasteiger charge is 2.09. The highest BCUT2D eigenvalue weighted by Crippen LogP contribution is 1.86. The molecule has 0 spiro atoms. The molecule has 0 N–H and O–H groups in total. The van der Waals surface area contributed by atoms with Crippen molar-refractivity contribution >= 4 is 27.7 Å². The summed E-state index contributed by atoms with van der Waals surface area (Å²) in [6.45, 7) is 1.88. The van der Waals surface area contributed by atoms with E-state index in [9.17, 15) is 9.59 Å². The van der Waals surface area contributed by atoms with Gasteiger partial charge in [0, 0.05) is 5.33 Å². The van der Waals surface area contributed by atoms with Gasteiger partial charge in [0.25, 0.3) is 5.78 Å². The molecule has 0 rings (SSSR count). The molecule has 0 aliphatic rings. The van der Waals surface area contributed by atoms with Crippen molar-refractivity contribution < 1.29 is 14.3 Å². The van der Waals surface area contributed by atoms with Crippen LogP contribution in [0, 0.1) is 0 Å². The molecule has 0 aromatic rings. The van der Waals surface area contributed by atoms with Crippen molar-refractivity contribution in [3.05, 3.63) is 12.2 Å². The van der Waals surface area contributed by atoms with E-state index in [2.05, 4.69) is 20.7 Å². The first-order chi connectivity index (χ1) is 5.22. The number of allylic oxidation sites excluding steroid dienone is 1. The Hall–Kier alpha value is -0.640. The fraction of sp³-hybridized carbons (Fsp3) is 0.429. The number of esters is 1. The molecular formula is C7H9BrO3. The number of alkyl halides is 1. The van der Waals surface area contributed by atoms with E-state index in [1.54, 1.807) is 13.0 Å². The quantitative estimate of drug-likeness (QED) is 0.308. The maximum atomic E-state index is 10.7. The van der Waals surface area contributed by atoms with Crippen LogP contribution < -0.4 is 0 Å². The number of carbonyl (C=O) groups excluding carboxylic acids is 2. The molecule has 0 unspecified atom stereocenters. The van der Waals surface area contributed by atoms with Crippen molar-refractivity contribution in [3.63, 3.8) is 0 Å². The van der Waals surface area contributed by atoms with Crippen LogP contribution in [0.15, 0.2) is 12.2 Å². The van der Waals surface area contributed by atoms with Crippen molar-refractivity contribution in [1.82, 2.24) is 0 Å². The average Bonchev–Trinajstić information content (AvgIpc) is 2.00. The van der Waals surface area contributed by atoms with Crippen molar-refractivity contribution in [2.45, 2.75) is 6.92 Å². The number of ketones is 1. The molecule has 0 amide bonds. The van der Waals surface area contributed by atoms with E-state index >= 15 is 0 Å². The van der Waals surface area contributed by atoms with Gasteiger partial charge in [0.05, 0.1) is 6.61 Å². The Balaban J connectivity index is 3.83. The molecule has 4 heteroatoms. The molecule has 0 saturated carbocycles. The first-order valence-corrected chi connectivity index (χ1v) is 4.28. The Morgan fingerprint density at radius 1 is 1.55 bits per heavy atom. The van der Waals surface area contributed by atoms with Gasteiger partial charge in [-0.2, -0.15) is 0 Å². The lowest BCUT2D eigenvalue weighted by atomic mass is 10.3. The zero-order valence-electron chi connectivity index (χ0n) is 6.17. The van der Waals surface area contributed by atoms with E-state index in [1.807, 2.05) is 0 Å². The summed E-state index contributed by atoms with van der Waals surface area (Å²) >= 11 is 3.07. The Kier molecular flexibility index (Phi) is 5.74. The van der Waals surface area contributed by atoms with Crippen LogP contribution in [-0.4, -0.2) is 23.7 Å². The molecule has 62 valence electrons. The van der Waals surface area contributed by atoms with Gasteiger partial charge in [-0.3, -0.25) is 4.79 Å². The molecule has 3 nitrogen and oxygen atoms in total. The van der Waals surface area contributed by atoms with Gasteiger partial charge in [-0.05, 0) is 13.0 Å². The fourth-order valence-electron chi connectivity index (χ4n) is 0.422. The lowest BCUT2D eigenvalue weighted by Gasteiger charge is -1.94. The van der Waals surface area contributed by atoms with Crippen LogP contribution in [0.3, 0.4) is 0 Å². The number of halogens is 1. The van der Waals surface area contributed by atoms with Gasteiger partial charge in [-0.1, -0.05) is 22.0 Å². The Morgan fingerprint density at radius 2 is 2.18 bits per heavy atom. The van der Waals surface area contributed by atoms with Crippen LogP contribution in [0.25, 0.3) is 0 Å². The van der Waals surface area contributed by atoms with E-state index in [0.29, 0.717) is 5.33 Å². The van der Waals surface area contributed by atoms with Crippen LogP contribution in [0.2, 0.25) is 0 Å². The number of carbonyl (C=O) groups is 2. The second kappa shape index (κ2) is 6.09. The van der Waals surface area contributed by atoms with E-state index in [0.717, 1.165) is 0 Å². The lowest BCUT2D eigenvalue weighted by Crippen LogP contribution is -2.14. The molecule has 0 radical (unpaired) electrons. The molecule has 0 saturated heterocycles. The highest BCUT2D eigenvalue weighted by molar-refractivity contribution is 9.09. The van der Waals surface area contributed by atoms with Crippen molar-refractivity contribution in [3.8, 4) is 0 Å². The molecule has 0 aliphatic heterocycles. The smallest absolute Gasteiger partial charge is 0.378 e. The lowest BCUT2D eigenvalue weighted by molar-refractivity contribution is -0.151. The summed E-state index contributed by atoms with van der Waals surface area (Å²) in [5, 5.41) is 0.554. The molecule has 0 fully saturated rings.